The maximum Gasteiger partial charge on any atom is 0.273 e. The molecule has 1 heterocycles. The van der Waals surface area contributed by atoms with Gasteiger partial charge in [0.1, 0.15) is 5.69 Å². The average Bonchev–Trinajstić information content (AvgIpc) is 2.75. The van der Waals surface area contributed by atoms with Crippen LogP contribution in [0.2, 0.25) is 0 Å². The summed E-state index contributed by atoms with van der Waals surface area (Å²) in [6.45, 7) is 0. The molecule has 88 valence electrons. The third-order valence-corrected chi connectivity index (χ3v) is 3.86. The Morgan fingerprint density at radius 1 is 1.50 bits per heavy atom. The molecular weight excluding hydrogens is 222 g/mol. The monoisotopic (exact) mass is 239 g/mol. The van der Waals surface area contributed by atoms with Gasteiger partial charge in [0.2, 0.25) is 0 Å². The van der Waals surface area contributed by atoms with Crippen LogP contribution >= 0.6 is 11.3 Å². The minimum absolute atomic E-state index is 0.000139. The smallest absolute Gasteiger partial charge is 0.273 e. The molecule has 1 aliphatic carbocycles. The van der Waals surface area contributed by atoms with E-state index in [1.807, 2.05) is 11.9 Å². The van der Waals surface area contributed by atoms with Crippen LogP contribution in [0.5, 0.6) is 0 Å². The highest BCUT2D eigenvalue weighted by Gasteiger charge is 2.24. The molecule has 0 spiro atoms. The largest absolute Gasteiger partial charge is 0.375 e. The number of anilines is 1. The Bertz CT molecular complexity index is 371. The predicted octanol–water partition coefficient (Wildman–Crippen LogP) is 2.13. The number of nitrogens with zero attached hydrogens (tertiary/aromatic N) is 2. The van der Waals surface area contributed by atoms with Gasteiger partial charge < -0.3 is 10.6 Å². The number of carbonyl (C=O) groups is 1. The van der Waals surface area contributed by atoms with Crippen molar-refractivity contribution in [3.05, 3.63) is 11.1 Å². The summed E-state index contributed by atoms with van der Waals surface area (Å²) in [5.41, 5.74) is 6.01. The molecule has 2 rings (SSSR count). The molecule has 16 heavy (non-hydrogen) atoms. The van der Waals surface area contributed by atoms with Gasteiger partial charge in [-0.1, -0.05) is 19.3 Å². The van der Waals surface area contributed by atoms with E-state index in [2.05, 4.69) is 4.98 Å². The molecule has 0 bridgehead atoms. The lowest BCUT2D eigenvalue weighted by atomic mass is 9.94. The van der Waals surface area contributed by atoms with Gasteiger partial charge in [0.25, 0.3) is 5.91 Å². The molecule has 1 aromatic heterocycles. The lowest BCUT2D eigenvalue weighted by Crippen LogP contribution is -2.38. The first kappa shape index (κ1) is 11.4. The van der Waals surface area contributed by atoms with Crippen LogP contribution in [0.25, 0.3) is 0 Å². The molecule has 0 radical (unpaired) electrons. The summed E-state index contributed by atoms with van der Waals surface area (Å²) < 4.78 is 0. The molecule has 0 aliphatic heterocycles. The van der Waals surface area contributed by atoms with E-state index in [0.29, 0.717) is 16.9 Å². The molecule has 0 atom stereocenters. The fourth-order valence-electron chi connectivity index (χ4n) is 2.20. The van der Waals surface area contributed by atoms with Gasteiger partial charge in [0, 0.05) is 18.5 Å². The fraction of sp³-hybridized carbons (Fsp3) is 0.636. The van der Waals surface area contributed by atoms with Crippen molar-refractivity contribution in [2.24, 2.45) is 0 Å². The van der Waals surface area contributed by atoms with Gasteiger partial charge in [-0.3, -0.25) is 4.79 Å². The van der Waals surface area contributed by atoms with Gasteiger partial charge in [-0.2, -0.15) is 0 Å². The van der Waals surface area contributed by atoms with Crippen LogP contribution in [0.3, 0.4) is 0 Å². The molecule has 1 amide bonds. The van der Waals surface area contributed by atoms with Crippen LogP contribution < -0.4 is 5.73 Å². The Morgan fingerprint density at radius 3 is 2.75 bits per heavy atom. The maximum absolute atomic E-state index is 12.1. The van der Waals surface area contributed by atoms with E-state index in [9.17, 15) is 4.79 Å². The molecule has 1 aromatic rings. The van der Waals surface area contributed by atoms with Crippen molar-refractivity contribution < 1.29 is 4.79 Å². The molecule has 1 aliphatic rings. The second-order valence-electron chi connectivity index (χ2n) is 4.28. The van der Waals surface area contributed by atoms with Gasteiger partial charge in [-0.25, -0.2) is 4.98 Å². The Morgan fingerprint density at radius 2 is 2.19 bits per heavy atom. The van der Waals surface area contributed by atoms with Crippen molar-refractivity contribution in [1.82, 2.24) is 9.88 Å². The van der Waals surface area contributed by atoms with Crippen LogP contribution in [-0.2, 0) is 0 Å². The van der Waals surface area contributed by atoms with Crippen molar-refractivity contribution in [3.63, 3.8) is 0 Å². The van der Waals surface area contributed by atoms with E-state index in [-0.39, 0.29) is 5.91 Å². The highest BCUT2D eigenvalue weighted by atomic mass is 32.1. The predicted molar refractivity (Wildman–Crippen MR) is 65.5 cm³/mol. The second-order valence-corrected chi connectivity index (χ2v) is 5.17. The zero-order valence-electron chi connectivity index (χ0n) is 9.48. The highest BCUT2D eigenvalue weighted by Crippen LogP contribution is 2.23. The third-order valence-electron chi connectivity index (χ3n) is 3.18. The number of thiazole rings is 1. The lowest BCUT2D eigenvalue weighted by molar-refractivity contribution is 0.0691. The number of nitrogens with two attached hydrogens (primary N) is 1. The molecule has 5 heteroatoms. The minimum atomic E-state index is -0.000139. The van der Waals surface area contributed by atoms with Crippen molar-refractivity contribution in [1.29, 1.82) is 0 Å². The molecule has 2 N–H and O–H groups in total. The Kier molecular flexibility index (Phi) is 3.43. The molecule has 1 saturated carbocycles. The van der Waals surface area contributed by atoms with Crippen LogP contribution in [0, 0.1) is 0 Å². The van der Waals surface area contributed by atoms with Gasteiger partial charge in [-0.15, -0.1) is 11.3 Å². The minimum Gasteiger partial charge on any atom is -0.375 e. The Balaban J connectivity index is 2.03. The zero-order chi connectivity index (χ0) is 11.5. The highest BCUT2D eigenvalue weighted by molar-refractivity contribution is 7.13. The van der Waals surface area contributed by atoms with Crippen molar-refractivity contribution in [2.75, 3.05) is 12.8 Å². The van der Waals surface area contributed by atoms with Gasteiger partial charge in [-0.05, 0) is 12.8 Å². The quantitative estimate of drug-likeness (QED) is 0.860. The van der Waals surface area contributed by atoms with Crippen molar-refractivity contribution in [3.8, 4) is 0 Å². The second kappa shape index (κ2) is 4.82. The molecule has 0 aromatic carbocycles. The van der Waals surface area contributed by atoms with E-state index >= 15 is 0 Å². The number of carbonyl (C=O) groups excluding carboxylic acids is 1. The average molecular weight is 239 g/mol. The number of hydrogen-bond acceptors (Lipinski definition) is 4. The molecule has 0 unspecified atom stereocenters. The van der Waals surface area contributed by atoms with Gasteiger partial charge >= 0.3 is 0 Å². The topological polar surface area (TPSA) is 59.2 Å². The summed E-state index contributed by atoms with van der Waals surface area (Å²) in [5, 5.41) is 2.19. The fourth-order valence-corrected chi connectivity index (χ4v) is 2.74. The summed E-state index contributed by atoms with van der Waals surface area (Å²) in [4.78, 5) is 17.9. The molecule has 1 fully saturated rings. The number of rotatable bonds is 2. The van der Waals surface area contributed by atoms with E-state index in [1.165, 1.54) is 30.6 Å². The van der Waals surface area contributed by atoms with E-state index in [1.54, 1.807) is 5.38 Å². The normalized spacial score (nSPS) is 17.3. The van der Waals surface area contributed by atoms with Crippen LogP contribution in [0.15, 0.2) is 5.38 Å². The number of nitrogen functional groups attached to an aromatic ring is 1. The third kappa shape index (κ3) is 2.35. The maximum atomic E-state index is 12.1. The number of hydrogen-bond donors (Lipinski definition) is 1. The first-order chi connectivity index (χ1) is 7.68. The summed E-state index contributed by atoms with van der Waals surface area (Å²) in [5.74, 6) is -0.000139. The summed E-state index contributed by atoms with van der Waals surface area (Å²) in [7, 11) is 1.87. The Labute approximate surface area is 99.5 Å². The molecular formula is C11H17N3OS. The van der Waals surface area contributed by atoms with Crippen LogP contribution in [0.1, 0.15) is 42.6 Å². The zero-order valence-corrected chi connectivity index (χ0v) is 10.3. The summed E-state index contributed by atoms with van der Waals surface area (Å²) >= 11 is 1.32. The standard InChI is InChI=1S/C11H17N3OS/c1-14(8-5-3-2-4-6-8)10(15)9-7-16-11(12)13-9/h7-8H,2-6H2,1H3,(H2,12,13). The van der Waals surface area contributed by atoms with Crippen molar-refractivity contribution in [2.45, 2.75) is 38.1 Å². The summed E-state index contributed by atoms with van der Waals surface area (Å²) in [6.07, 6.45) is 5.97. The van der Waals surface area contributed by atoms with Crippen LogP contribution in [-0.4, -0.2) is 28.9 Å². The first-order valence-electron chi connectivity index (χ1n) is 5.66. The molecule has 4 nitrogen and oxygen atoms in total. The van der Waals surface area contributed by atoms with Crippen molar-refractivity contribution >= 4 is 22.4 Å². The van der Waals surface area contributed by atoms with Gasteiger partial charge in [0.15, 0.2) is 5.13 Å². The summed E-state index contributed by atoms with van der Waals surface area (Å²) in [6, 6.07) is 0.379. The van der Waals surface area contributed by atoms with E-state index < -0.39 is 0 Å². The van der Waals surface area contributed by atoms with Gasteiger partial charge in [0.05, 0.1) is 0 Å². The van der Waals surface area contributed by atoms with E-state index in [0.717, 1.165) is 12.8 Å². The number of amides is 1. The number of aromatic nitrogens is 1. The SMILES string of the molecule is CN(C(=O)c1csc(N)n1)C1CCCCC1. The Hall–Kier alpha value is -1.10. The van der Waals surface area contributed by atoms with E-state index in [4.69, 9.17) is 5.73 Å². The first-order valence-corrected chi connectivity index (χ1v) is 6.54. The van der Waals surface area contributed by atoms with Crippen LogP contribution in [0.4, 0.5) is 5.13 Å². The molecule has 0 saturated heterocycles. The lowest BCUT2D eigenvalue weighted by Gasteiger charge is -2.30.